The van der Waals surface area contributed by atoms with E-state index in [9.17, 15) is 4.79 Å². The SMILES string of the molecule is C[Si](C)(C)CCOCn1ccc2c3c(cnc21)C(=O)NCN3C1CCC(CBr)CC1. The van der Waals surface area contributed by atoms with Gasteiger partial charge in [-0.2, -0.15) is 0 Å². The highest BCUT2D eigenvalue weighted by Crippen LogP contribution is 2.37. The number of halogens is 1. The summed E-state index contributed by atoms with van der Waals surface area (Å²) >= 11 is 3.64. The van der Waals surface area contributed by atoms with Gasteiger partial charge in [0, 0.05) is 43.8 Å². The van der Waals surface area contributed by atoms with Crippen molar-refractivity contribution in [2.75, 3.05) is 23.5 Å². The summed E-state index contributed by atoms with van der Waals surface area (Å²) in [4.78, 5) is 19.6. The molecule has 2 aromatic heterocycles. The first-order chi connectivity index (χ1) is 14.4. The number of carbonyl (C=O) groups is 1. The lowest BCUT2D eigenvalue weighted by Gasteiger charge is -2.41. The number of ether oxygens (including phenoxy) is 1. The topological polar surface area (TPSA) is 59.4 Å². The molecular formula is C22H33BrN4O2Si. The van der Waals surface area contributed by atoms with Crippen LogP contribution in [0.4, 0.5) is 5.69 Å². The number of amides is 1. The van der Waals surface area contributed by atoms with Crippen LogP contribution in [0.2, 0.25) is 25.7 Å². The molecule has 0 unspecified atom stereocenters. The summed E-state index contributed by atoms with van der Waals surface area (Å²) in [5.74, 6) is 0.746. The number of fused-ring (bicyclic) bond motifs is 3. The summed E-state index contributed by atoms with van der Waals surface area (Å²) in [5, 5.41) is 5.19. The largest absolute Gasteiger partial charge is 0.361 e. The molecular weight excluding hydrogens is 460 g/mol. The molecule has 0 spiro atoms. The molecule has 1 aliphatic carbocycles. The van der Waals surface area contributed by atoms with Crippen LogP contribution in [0, 0.1) is 5.92 Å². The Kier molecular flexibility index (Phi) is 6.55. The number of rotatable bonds is 7. The van der Waals surface area contributed by atoms with E-state index in [-0.39, 0.29) is 5.91 Å². The van der Waals surface area contributed by atoms with Crippen molar-refractivity contribution < 1.29 is 9.53 Å². The molecule has 3 heterocycles. The fourth-order valence-corrected chi connectivity index (χ4v) is 5.90. The van der Waals surface area contributed by atoms with Gasteiger partial charge in [-0.1, -0.05) is 35.6 Å². The van der Waals surface area contributed by atoms with E-state index in [1.165, 1.54) is 12.8 Å². The van der Waals surface area contributed by atoms with E-state index in [4.69, 9.17) is 4.74 Å². The van der Waals surface area contributed by atoms with Gasteiger partial charge in [0.05, 0.1) is 17.9 Å². The standard InChI is InChI=1S/C22H33BrN4O2Si/c1-30(2,3)11-10-29-15-26-9-8-18-20-19(13-24-21(18)26)22(28)25-14-27(20)17-6-4-16(12-23)5-7-17/h8-9,13,16-17H,4-7,10-12,14-15H2,1-3H3,(H,25,28). The third kappa shape index (κ3) is 4.60. The molecule has 8 heteroatoms. The third-order valence-electron chi connectivity index (χ3n) is 6.40. The van der Waals surface area contributed by atoms with Crippen molar-refractivity contribution in [3.63, 3.8) is 0 Å². The van der Waals surface area contributed by atoms with Gasteiger partial charge in [0.25, 0.3) is 5.91 Å². The Balaban J connectivity index is 1.57. The summed E-state index contributed by atoms with van der Waals surface area (Å²) in [6, 6.07) is 3.71. The zero-order chi connectivity index (χ0) is 21.3. The molecule has 2 aliphatic rings. The summed E-state index contributed by atoms with van der Waals surface area (Å²) in [6.07, 6.45) is 8.57. The smallest absolute Gasteiger partial charge is 0.256 e. The van der Waals surface area contributed by atoms with Crippen LogP contribution < -0.4 is 10.2 Å². The first-order valence-electron chi connectivity index (χ1n) is 11.0. The Morgan fingerprint density at radius 2 is 2.03 bits per heavy atom. The Morgan fingerprint density at radius 3 is 2.73 bits per heavy atom. The van der Waals surface area contributed by atoms with Crippen molar-refractivity contribution in [1.29, 1.82) is 0 Å². The van der Waals surface area contributed by atoms with Crippen LogP contribution >= 0.6 is 15.9 Å². The van der Waals surface area contributed by atoms with Gasteiger partial charge in [0.2, 0.25) is 0 Å². The molecule has 0 radical (unpaired) electrons. The minimum Gasteiger partial charge on any atom is -0.361 e. The van der Waals surface area contributed by atoms with Crippen molar-refractivity contribution in [3.8, 4) is 0 Å². The lowest BCUT2D eigenvalue weighted by Crippen LogP contribution is -2.49. The van der Waals surface area contributed by atoms with Crippen molar-refractivity contribution in [2.24, 2.45) is 5.92 Å². The van der Waals surface area contributed by atoms with Crippen LogP contribution in [0.15, 0.2) is 18.5 Å². The maximum atomic E-state index is 12.6. The quantitative estimate of drug-likeness (QED) is 0.342. The first-order valence-corrected chi connectivity index (χ1v) is 15.9. The second-order valence-corrected chi connectivity index (χ2v) is 16.1. The van der Waals surface area contributed by atoms with Crippen molar-refractivity contribution in [3.05, 3.63) is 24.0 Å². The Hall–Kier alpha value is -1.38. The van der Waals surface area contributed by atoms with E-state index in [0.29, 0.717) is 25.0 Å². The zero-order valence-corrected chi connectivity index (χ0v) is 20.9. The maximum Gasteiger partial charge on any atom is 0.256 e. The Morgan fingerprint density at radius 1 is 1.27 bits per heavy atom. The summed E-state index contributed by atoms with van der Waals surface area (Å²) in [7, 11) is -1.10. The predicted molar refractivity (Wildman–Crippen MR) is 128 cm³/mol. The monoisotopic (exact) mass is 492 g/mol. The number of nitrogens with one attached hydrogen (secondary N) is 1. The second kappa shape index (κ2) is 9.00. The minimum absolute atomic E-state index is 0.0241. The summed E-state index contributed by atoms with van der Waals surface area (Å²) < 4.78 is 8.02. The van der Waals surface area contributed by atoms with Gasteiger partial charge in [-0.15, -0.1) is 0 Å². The number of carbonyl (C=O) groups excluding carboxylic acids is 1. The van der Waals surface area contributed by atoms with E-state index in [1.54, 1.807) is 6.20 Å². The number of nitrogens with zero attached hydrogens (tertiary/aromatic N) is 3. The number of alkyl halides is 1. The van der Waals surface area contributed by atoms with E-state index >= 15 is 0 Å². The second-order valence-electron chi connectivity index (χ2n) is 9.85. The van der Waals surface area contributed by atoms with Gasteiger partial charge in [-0.25, -0.2) is 4.98 Å². The molecule has 1 N–H and O–H groups in total. The van der Waals surface area contributed by atoms with E-state index in [1.807, 2.05) is 6.20 Å². The van der Waals surface area contributed by atoms with Crippen LogP contribution in [0.25, 0.3) is 11.0 Å². The zero-order valence-electron chi connectivity index (χ0n) is 18.3. The summed E-state index contributed by atoms with van der Waals surface area (Å²) in [5.41, 5.74) is 2.64. The molecule has 0 atom stereocenters. The van der Waals surface area contributed by atoms with Gasteiger partial charge in [0.15, 0.2) is 0 Å². The fourth-order valence-electron chi connectivity index (χ4n) is 4.50. The molecule has 1 amide bonds. The first kappa shape index (κ1) is 21.8. The number of aromatic nitrogens is 2. The average Bonchev–Trinajstić information content (AvgIpc) is 3.14. The molecule has 30 heavy (non-hydrogen) atoms. The van der Waals surface area contributed by atoms with Crippen LogP contribution in [0.3, 0.4) is 0 Å². The predicted octanol–water partition coefficient (Wildman–Crippen LogP) is 4.81. The number of hydrogen-bond acceptors (Lipinski definition) is 4. The maximum absolute atomic E-state index is 12.6. The van der Waals surface area contributed by atoms with E-state index in [0.717, 1.165) is 53.5 Å². The molecule has 0 bridgehead atoms. The minimum atomic E-state index is -1.10. The lowest BCUT2D eigenvalue weighted by molar-refractivity contribution is 0.0899. The molecule has 1 saturated carbocycles. The fraction of sp³-hybridized carbons (Fsp3) is 0.636. The highest BCUT2D eigenvalue weighted by Gasteiger charge is 2.33. The third-order valence-corrected chi connectivity index (χ3v) is 9.02. The van der Waals surface area contributed by atoms with Gasteiger partial charge >= 0.3 is 0 Å². The average molecular weight is 494 g/mol. The number of hydrogen-bond donors (Lipinski definition) is 1. The van der Waals surface area contributed by atoms with E-state index in [2.05, 4.69) is 61.4 Å². The molecule has 1 aliphatic heterocycles. The van der Waals surface area contributed by atoms with Crippen molar-refractivity contribution in [1.82, 2.24) is 14.9 Å². The normalized spacial score (nSPS) is 22.3. The Bertz CT molecular complexity index is 902. The highest BCUT2D eigenvalue weighted by molar-refractivity contribution is 9.09. The molecule has 2 aromatic rings. The number of anilines is 1. The molecule has 1 fully saturated rings. The van der Waals surface area contributed by atoms with Gasteiger partial charge < -0.3 is 19.5 Å². The van der Waals surface area contributed by atoms with Gasteiger partial charge in [-0.3, -0.25) is 4.79 Å². The molecule has 0 aromatic carbocycles. The van der Waals surface area contributed by atoms with Gasteiger partial charge in [0.1, 0.15) is 12.4 Å². The lowest BCUT2D eigenvalue weighted by atomic mass is 9.86. The van der Waals surface area contributed by atoms with E-state index < -0.39 is 8.07 Å². The van der Waals surface area contributed by atoms with Crippen molar-refractivity contribution >= 4 is 46.6 Å². The van der Waals surface area contributed by atoms with Crippen LogP contribution in [-0.2, 0) is 11.5 Å². The van der Waals surface area contributed by atoms with Crippen LogP contribution in [-0.4, -0.2) is 48.2 Å². The summed E-state index contributed by atoms with van der Waals surface area (Å²) in [6.45, 7) is 8.95. The van der Waals surface area contributed by atoms with Crippen LogP contribution in [0.5, 0.6) is 0 Å². The molecule has 0 saturated heterocycles. The highest BCUT2D eigenvalue weighted by atomic mass is 79.9. The number of pyridine rings is 1. The Labute approximate surface area is 188 Å². The van der Waals surface area contributed by atoms with Crippen LogP contribution in [0.1, 0.15) is 36.0 Å². The molecule has 6 nitrogen and oxygen atoms in total. The van der Waals surface area contributed by atoms with Crippen molar-refractivity contribution in [2.45, 2.75) is 64.1 Å². The van der Waals surface area contributed by atoms with Gasteiger partial charge in [-0.05, 0) is 43.7 Å². The molecule has 164 valence electrons. The molecule has 4 rings (SSSR count).